The average molecular weight is 1700 g/mol. The van der Waals surface area contributed by atoms with Crippen LogP contribution in [0.15, 0.2) is 492 Å². The summed E-state index contributed by atoms with van der Waals surface area (Å²) in [5.74, 6) is 0. The van der Waals surface area contributed by atoms with E-state index in [9.17, 15) is 0 Å². The number of para-hydroxylation sites is 2. The van der Waals surface area contributed by atoms with Gasteiger partial charge in [-0.3, -0.25) is 15.0 Å². The highest BCUT2D eigenvalue weighted by Gasteiger charge is 2.52. The van der Waals surface area contributed by atoms with E-state index in [2.05, 4.69) is 350 Å². The van der Waals surface area contributed by atoms with Crippen LogP contribution in [0.25, 0.3) is 212 Å². The lowest BCUT2D eigenvalue weighted by Gasteiger charge is -2.31. The quantitative estimate of drug-likeness (QED) is 0.105. The van der Waals surface area contributed by atoms with Crippen LogP contribution in [0.1, 0.15) is 22.3 Å². The molecule has 0 amide bonds. The molecular weight excluding hydrogens is 1620 g/mol. The Morgan fingerprint density at radius 3 is 0.737 bits per heavy atom. The fraction of sp³-hybridized carbons (Fsp3) is 0.00806. The van der Waals surface area contributed by atoms with Gasteiger partial charge in [0.25, 0.3) is 0 Å². The first-order chi connectivity index (χ1) is 65.9. The SMILES string of the molecule is c1ccc(-c2cc3nc(-c4ccccc4)c(-c4ccc(-c5ccccn5)cc4)nc3cc2-c2ccccc2)cc1.c1ccc(-c2cc3nc(-c4ccccc4)c(-c4ccc(-c5ccncc5)cc4)nc3cc2-c2ccccc2)cc1.c1ccc(-c2nc3ccccc3nc2-c2ccc(-c3ccc4c(c3)C3(c5ccccc5-c5ccccc53)c3cc(-c5ccccn5)ccc3-4)cc2)cc1. The molecule has 0 bridgehead atoms. The zero-order chi connectivity index (χ0) is 88.4. The molecular formula is C124H81N9. The third-order valence-electron chi connectivity index (χ3n) is 25.5. The first-order valence-corrected chi connectivity index (χ1v) is 44.8. The van der Waals surface area contributed by atoms with Crippen molar-refractivity contribution in [3.05, 3.63) is 514 Å². The van der Waals surface area contributed by atoms with E-state index in [4.69, 9.17) is 34.9 Å². The molecule has 0 fully saturated rings. The Hall–Kier alpha value is -17.8. The van der Waals surface area contributed by atoms with Gasteiger partial charge in [-0.15, -0.1) is 0 Å². The molecule has 0 atom stereocenters. The standard InChI is InChI=1S/C50H31N3.2C37H25N3/c1-2-12-33(13-3-1)48-49(53-47-20-9-8-19-46(47)52-48)34-23-21-32(22-24-34)35-25-27-39-40-28-26-36(45-18-10-11-29-51-45)31-44(40)50(43(39)30-35)41-16-6-4-14-37(41)38-15-5-7-17-42(38)50;1-4-12-26(13-5-1)31-24-34-35(25-32(31)27-14-6-2-7-15-27)40-37(36(39-34)29-16-8-3-9-17-29)30-21-19-28(20-22-30)33-18-10-11-23-38-33;1-4-10-28(11-5-1)32-24-34-35(25-33(32)29-12-6-2-7-13-29)40-37(36(39-34)30-14-8-3-9-15-30)31-18-16-26(17-19-31)27-20-22-38-23-21-27/h1-31H;2*1-25H. The number of aromatic nitrogens is 9. The van der Waals surface area contributed by atoms with Gasteiger partial charge in [0.05, 0.1) is 84.1 Å². The second kappa shape index (κ2) is 35.1. The zero-order valence-electron chi connectivity index (χ0n) is 72.3. The molecule has 6 heterocycles. The molecule has 133 heavy (non-hydrogen) atoms. The Balaban J connectivity index is 0.000000115. The fourth-order valence-electron chi connectivity index (χ4n) is 19.2. The van der Waals surface area contributed by atoms with E-state index in [-0.39, 0.29) is 0 Å². The molecule has 17 aromatic carbocycles. The number of rotatable bonds is 14. The normalized spacial score (nSPS) is 11.8. The van der Waals surface area contributed by atoms with E-state index in [1.54, 1.807) is 0 Å². The zero-order valence-corrected chi connectivity index (χ0v) is 72.3. The van der Waals surface area contributed by atoms with Crippen LogP contribution in [0.5, 0.6) is 0 Å². The first kappa shape index (κ1) is 79.8. The summed E-state index contributed by atoms with van der Waals surface area (Å²) >= 11 is 0. The Morgan fingerprint density at radius 2 is 0.383 bits per heavy atom. The van der Waals surface area contributed by atoms with Crippen molar-refractivity contribution < 1.29 is 0 Å². The van der Waals surface area contributed by atoms with Gasteiger partial charge in [0.2, 0.25) is 0 Å². The van der Waals surface area contributed by atoms with Gasteiger partial charge in [-0.05, 0) is 196 Å². The van der Waals surface area contributed by atoms with Crippen molar-refractivity contribution in [2.24, 2.45) is 0 Å². The van der Waals surface area contributed by atoms with E-state index in [1.165, 1.54) is 50.1 Å². The monoisotopic (exact) mass is 1700 g/mol. The van der Waals surface area contributed by atoms with Crippen molar-refractivity contribution in [3.8, 4) is 179 Å². The average Bonchev–Trinajstić information content (AvgIpc) is 1.50. The summed E-state index contributed by atoms with van der Waals surface area (Å²) in [6, 6.07) is 164. The molecule has 1 spiro atoms. The molecule has 6 aromatic heterocycles. The molecule has 0 N–H and O–H groups in total. The molecule has 622 valence electrons. The predicted octanol–water partition coefficient (Wildman–Crippen LogP) is 30.8. The van der Waals surface area contributed by atoms with Crippen LogP contribution < -0.4 is 0 Å². The Kier molecular flexibility index (Phi) is 21.1. The molecule has 23 aromatic rings. The molecule has 2 aliphatic carbocycles. The topological polar surface area (TPSA) is 116 Å². The van der Waals surface area contributed by atoms with Gasteiger partial charge >= 0.3 is 0 Å². The molecule has 2 aliphatic rings. The van der Waals surface area contributed by atoms with Crippen molar-refractivity contribution >= 4 is 33.1 Å². The minimum atomic E-state index is -0.455. The predicted molar refractivity (Wildman–Crippen MR) is 544 cm³/mol. The van der Waals surface area contributed by atoms with E-state index in [0.29, 0.717) is 0 Å². The van der Waals surface area contributed by atoms with Crippen LogP contribution in [0, 0.1) is 0 Å². The highest BCUT2D eigenvalue weighted by Crippen LogP contribution is 2.64. The molecule has 0 saturated carbocycles. The van der Waals surface area contributed by atoms with Gasteiger partial charge in [-0.1, -0.05) is 382 Å². The van der Waals surface area contributed by atoms with Crippen LogP contribution in [0.4, 0.5) is 0 Å². The molecule has 9 heteroatoms. The minimum absolute atomic E-state index is 0.455. The van der Waals surface area contributed by atoms with Crippen molar-refractivity contribution in [1.82, 2.24) is 44.9 Å². The molecule has 0 unspecified atom stereocenters. The summed E-state index contributed by atoms with van der Waals surface area (Å²) in [6.45, 7) is 0. The number of hydrogen-bond donors (Lipinski definition) is 0. The molecule has 0 radical (unpaired) electrons. The Morgan fingerprint density at radius 1 is 0.135 bits per heavy atom. The summed E-state index contributed by atoms with van der Waals surface area (Å²) in [5.41, 5.74) is 44.6. The van der Waals surface area contributed by atoms with Crippen molar-refractivity contribution in [2.45, 2.75) is 5.41 Å². The van der Waals surface area contributed by atoms with Gasteiger partial charge in [0.15, 0.2) is 0 Å². The maximum atomic E-state index is 5.27. The van der Waals surface area contributed by atoms with Gasteiger partial charge in [-0.2, -0.15) is 0 Å². The summed E-state index contributed by atoms with van der Waals surface area (Å²) in [6.07, 6.45) is 7.33. The molecule has 0 aliphatic heterocycles. The lowest BCUT2D eigenvalue weighted by Crippen LogP contribution is -2.26. The van der Waals surface area contributed by atoms with Crippen molar-refractivity contribution in [3.63, 3.8) is 0 Å². The van der Waals surface area contributed by atoms with Crippen molar-refractivity contribution in [2.75, 3.05) is 0 Å². The van der Waals surface area contributed by atoms with E-state index >= 15 is 0 Å². The lowest BCUT2D eigenvalue weighted by molar-refractivity contribution is 0.794. The smallest absolute Gasteiger partial charge is 0.0973 e. The number of hydrogen-bond acceptors (Lipinski definition) is 9. The first-order valence-electron chi connectivity index (χ1n) is 44.8. The van der Waals surface area contributed by atoms with Gasteiger partial charge in [0.1, 0.15) is 0 Å². The molecule has 25 rings (SSSR count). The summed E-state index contributed by atoms with van der Waals surface area (Å²) < 4.78 is 0. The molecule has 9 nitrogen and oxygen atoms in total. The van der Waals surface area contributed by atoms with Crippen LogP contribution in [0.2, 0.25) is 0 Å². The van der Waals surface area contributed by atoms with Gasteiger partial charge in [0, 0.05) is 69.3 Å². The second-order valence-corrected chi connectivity index (χ2v) is 33.3. The van der Waals surface area contributed by atoms with E-state index in [0.717, 1.165) is 184 Å². The highest BCUT2D eigenvalue weighted by molar-refractivity contribution is 6.01. The Bertz CT molecular complexity index is 7880. The van der Waals surface area contributed by atoms with Gasteiger partial charge in [-0.25, -0.2) is 29.9 Å². The fourth-order valence-corrected chi connectivity index (χ4v) is 19.2. The maximum Gasteiger partial charge on any atom is 0.0973 e. The van der Waals surface area contributed by atoms with Crippen molar-refractivity contribution in [1.29, 1.82) is 0 Å². The largest absolute Gasteiger partial charge is 0.265 e. The van der Waals surface area contributed by atoms with Gasteiger partial charge < -0.3 is 0 Å². The third kappa shape index (κ3) is 15.2. The highest BCUT2D eigenvalue weighted by atomic mass is 14.9. The van der Waals surface area contributed by atoms with Crippen LogP contribution in [0.3, 0.4) is 0 Å². The van der Waals surface area contributed by atoms with Crippen LogP contribution >= 0.6 is 0 Å². The number of pyridine rings is 3. The van der Waals surface area contributed by atoms with Crippen LogP contribution in [-0.2, 0) is 5.41 Å². The lowest BCUT2D eigenvalue weighted by atomic mass is 9.70. The summed E-state index contributed by atoms with van der Waals surface area (Å²) in [7, 11) is 0. The second-order valence-electron chi connectivity index (χ2n) is 33.3. The number of fused-ring (bicyclic) bond motifs is 13. The Labute approximate surface area is 771 Å². The number of nitrogens with zero attached hydrogens (tertiary/aromatic N) is 9. The van der Waals surface area contributed by atoms with E-state index < -0.39 is 5.41 Å². The third-order valence-corrected chi connectivity index (χ3v) is 25.5. The van der Waals surface area contributed by atoms with Crippen LogP contribution in [-0.4, -0.2) is 44.9 Å². The van der Waals surface area contributed by atoms with E-state index in [1.807, 2.05) is 152 Å². The number of benzene rings is 17. The minimum Gasteiger partial charge on any atom is -0.265 e. The molecule has 0 saturated heterocycles. The summed E-state index contributed by atoms with van der Waals surface area (Å²) in [5, 5.41) is 0. The summed E-state index contributed by atoms with van der Waals surface area (Å²) in [4.78, 5) is 44.7. The maximum absolute atomic E-state index is 5.27.